The summed E-state index contributed by atoms with van der Waals surface area (Å²) in [6, 6.07) is 6.08. The SMILES string of the molecule is CNc1nc(-c2ccc(OC)c(OC)c2)co1. The molecule has 1 heterocycles. The summed E-state index contributed by atoms with van der Waals surface area (Å²) in [5.41, 5.74) is 1.66. The lowest BCUT2D eigenvalue weighted by Crippen LogP contribution is -1.91. The van der Waals surface area contributed by atoms with Gasteiger partial charge in [-0.3, -0.25) is 0 Å². The van der Waals surface area contributed by atoms with Crippen LogP contribution in [-0.2, 0) is 0 Å². The zero-order valence-electron chi connectivity index (χ0n) is 9.98. The van der Waals surface area contributed by atoms with Crippen molar-refractivity contribution in [1.82, 2.24) is 4.98 Å². The summed E-state index contributed by atoms with van der Waals surface area (Å²) in [6.45, 7) is 0. The van der Waals surface area contributed by atoms with Crippen molar-refractivity contribution < 1.29 is 13.9 Å². The van der Waals surface area contributed by atoms with Gasteiger partial charge in [-0.1, -0.05) is 0 Å². The lowest BCUT2D eigenvalue weighted by atomic mass is 10.1. The normalized spacial score (nSPS) is 10.1. The molecule has 2 aromatic rings. The Morgan fingerprint density at radius 2 is 1.94 bits per heavy atom. The number of hydrogen-bond donors (Lipinski definition) is 1. The van der Waals surface area contributed by atoms with Gasteiger partial charge in [0.15, 0.2) is 11.5 Å². The van der Waals surface area contributed by atoms with Crippen LogP contribution in [0.2, 0.25) is 0 Å². The van der Waals surface area contributed by atoms with E-state index in [0.717, 1.165) is 11.3 Å². The third-order valence-electron chi connectivity index (χ3n) is 2.40. The zero-order chi connectivity index (χ0) is 12.3. The molecular formula is C12H14N2O3. The standard InChI is InChI=1S/C12H14N2O3/c1-13-12-14-9(7-17-12)8-4-5-10(15-2)11(6-8)16-3/h4-7H,1-3H3,(H,13,14). The summed E-state index contributed by atoms with van der Waals surface area (Å²) in [5.74, 6) is 1.35. The molecule has 0 spiro atoms. The Balaban J connectivity index is 2.38. The fraction of sp³-hybridized carbons (Fsp3) is 0.250. The van der Waals surface area contributed by atoms with Crippen molar-refractivity contribution in [3.05, 3.63) is 24.5 Å². The van der Waals surface area contributed by atoms with E-state index in [1.165, 1.54) is 0 Å². The van der Waals surface area contributed by atoms with Gasteiger partial charge in [0.05, 0.1) is 14.2 Å². The minimum Gasteiger partial charge on any atom is -0.493 e. The molecule has 0 aliphatic rings. The summed E-state index contributed by atoms with van der Waals surface area (Å²) in [7, 11) is 4.96. The number of oxazole rings is 1. The van der Waals surface area contributed by atoms with E-state index >= 15 is 0 Å². The molecule has 5 nitrogen and oxygen atoms in total. The highest BCUT2D eigenvalue weighted by molar-refractivity contribution is 5.64. The van der Waals surface area contributed by atoms with E-state index in [2.05, 4.69) is 10.3 Å². The first kappa shape index (κ1) is 11.3. The number of ether oxygens (including phenoxy) is 2. The van der Waals surface area contributed by atoms with Gasteiger partial charge < -0.3 is 19.2 Å². The predicted molar refractivity (Wildman–Crippen MR) is 64.6 cm³/mol. The number of nitrogens with zero attached hydrogens (tertiary/aromatic N) is 1. The number of nitrogens with one attached hydrogen (secondary N) is 1. The van der Waals surface area contributed by atoms with Crippen molar-refractivity contribution in [3.63, 3.8) is 0 Å². The first-order valence-electron chi connectivity index (χ1n) is 5.14. The van der Waals surface area contributed by atoms with Gasteiger partial charge in [-0.15, -0.1) is 0 Å². The van der Waals surface area contributed by atoms with Gasteiger partial charge >= 0.3 is 0 Å². The molecule has 0 aliphatic heterocycles. The Morgan fingerprint density at radius 3 is 2.53 bits per heavy atom. The first-order chi connectivity index (χ1) is 8.28. The molecule has 17 heavy (non-hydrogen) atoms. The summed E-state index contributed by atoms with van der Waals surface area (Å²) in [5, 5.41) is 2.83. The van der Waals surface area contributed by atoms with Crippen LogP contribution >= 0.6 is 0 Å². The summed E-state index contributed by atoms with van der Waals surface area (Å²) in [4.78, 5) is 4.26. The van der Waals surface area contributed by atoms with Crippen molar-refractivity contribution in [1.29, 1.82) is 0 Å². The number of rotatable bonds is 4. The van der Waals surface area contributed by atoms with Gasteiger partial charge in [-0.25, -0.2) is 0 Å². The van der Waals surface area contributed by atoms with Gasteiger partial charge in [-0.2, -0.15) is 4.98 Å². The van der Waals surface area contributed by atoms with Crippen LogP contribution in [0.25, 0.3) is 11.3 Å². The van der Waals surface area contributed by atoms with Crippen LogP contribution in [0.3, 0.4) is 0 Å². The van der Waals surface area contributed by atoms with Gasteiger partial charge in [-0.05, 0) is 18.2 Å². The van der Waals surface area contributed by atoms with Gasteiger partial charge in [0.2, 0.25) is 0 Å². The molecule has 0 amide bonds. The van der Waals surface area contributed by atoms with Crippen molar-refractivity contribution in [2.75, 3.05) is 26.6 Å². The smallest absolute Gasteiger partial charge is 0.294 e. The number of methoxy groups -OCH3 is 2. The Hall–Kier alpha value is -2.17. The molecule has 5 heteroatoms. The van der Waals surface area contributed by atoms with Gasteiger partial charge in [0.25, 0.3) is 6.01 Å². The van der Waals surface area contributed by atoms with E-state index in [9.17, 15) is 0 Å². The van der Waals surface area contributed by atoms with Crippen molar-refractivity contribution in [3.8, 4) is 22.8 Å². The average Bonchev–Trinajstić information content (AvgIpc) is 2.86. The van der Waals surface area contributed by atoms with E-state index < -0.39 is 0 Å². The molecule has 1 aromatic heterocycles. The Bertz CT molecular complexity index is 508. The summed E-state index contributed by atoms with van der Waals surface area (Å²) >= 11 is 0. The number of anilines is 1. The average molecular weight is 234 g/mol. The van der Waals surface area contributed by atoms with E-state index in [0.29, 0.717) is 17.5 Å². The topological polar surface area (TPSA) is 56.5 Å². The molecule has 1 aromatic carbocycles. The van der Waals surface area contributed by atoms with Crippen molar-refractivity contribution in [2.45, 2.75) is 0 Å². The van der Waals surface area contributed by atoms with Gasteiger partial charge in [0, 0.05) is 12.6 Å². The third-order valence-corrected chi connectivity index (χ3v) is 2.40. The van der Waals surface area contributed by atoms with Crippen LogP contribution in [0, 0.1) is 0 Å². The number of benzene rings is 1. The molecule has 0 radical (unpaired) electrons. The van der Waals surface area contributed by atoms with E-state index in [1.54, 1.807) is 27.5 Å². The monoisotopic (exact) mass is 234 g/mol. The quantitative estimate of drug-likeness (QED) is 0.880. The molecule has 0 fully saturated rings. The minimum atomic E-state index is 0.481. The molecule has 1 N–H and O–H groups in total. The molecule has 90 valence electrons. The second-order valence-corrected chi connectivity index (χ2v) is 3.36. The molecule has 2 rings (SSSR count). The molecule has 0 aliphatic carbocycles. The highest BCUT2D eigenvalue weighted by atomic mass is 16.5. The Morgan fingerprint density at radius 1 is 1.18 bits per heavy atom. The molecule has 0 saturated carbocycles. The molecular weight excluding hydrogens is 220 g/mol. The minimum absolute atomic E-state index is 0.481. The summed E-state index contributed by atoms with van der Waals surface area (Å²) in [6.07, 6.45) is 1.59. The second kappa shape index (κ2) is 4.78. The van der Waals surface area contributed by atoms with Crippen LogP contribution < -0.4 is 14.8 Å². The fourth-order valence-corrected chi connectivity index (χ4v) is 1.52. The maximum absolute atomic E-state index is 5.23. The Labute approximate surface area is 99.4 Å². The van der Waals surface area contributed by atoms with E-state index in [-0.39, 0.29) is 0 Å². The molecule has 0 atom stereocenters. The predicted octanol–water partition coefficient (Wildman–Crippen LogP) is 2.40. The number of hydrogen-bond acceptors (Lipinski definition) is 5. The third kappa shape index (κ3) is 2.18. The van der Waals surface area contributed by atoms with Crippen LogP contribution in [0.4, 0.5) is 6.01 Å². The van der Waals surface area contributed by atoms with E-state index in [1.807, 2.05) is 18.2 Å². The maximum Gasteiger partial charge on any atom is 0.294 e. The van der Waals surface area contributed by atoms with Crippen molar-refractivity contribution in [2.24, 2.45) is 0 Å². The van der Waals surface area contributed by atoms with Crippen LogP contribution in [0.1, 0.15) is 0 Å². The second-order valence-electron chi connectivity index (χ2n) is 3.36. The van der Waals surface area contributed by atoms with Crippen LogP contribution in [0.5, 0.6) is 11.5 Å². The first-order valence-corrected chi connectivity index (χ1v) is 5.14. The van der Waals surface area contributed by atoms with Gasteiger partial charge in [0.1, 0.15) is 12.0 Å². The summed E-state index contributed by atoms with van der Waals surface area (Å²) < 4.78 is 15.6. The van der Waals surface area contributed by atoms with Crippen LogP contribution in [-0.4, -0.2) is 26.3 Å². The van der Waals surface area contributed by atoms with Crippen molar-refractivity contribution >= 4 is 6.01 Å². The van der Waals surface area contributed by atoms with Crippen LogP contribution in [0.15, 0.2) is 28.9 Å². The lowest BCUT2D eigenvalue weighted by molar-refractivity contribution is 0.355. The highest BCUT2D eigenvalue weighted by Crippen LogP contribution is 2.32. The number of aromatic nitrogens is 1. The molecule has 0 saturated heterocycles. The molecule has 0 bridgehead atoms. The Kier molecular flexibility index (Phi) is 3.18. The largest absolute Gasteiger partial charge is 0.493 e. The lowest BCUT2D eigenvalue weighted by Gasteiger charge is -2.07. The zero-order valence-corrected chi connectivity index (χ0v) is 9.98. The molecule has 0 unspecified atom stereocenters. The fourth-order valence-electron chi connectivity index (χ4n) is 1.52. The van der Waals surface area contributed by atoms with E-state index in [4.69, 9.17) is 13.9 Å². The maximum atomic E-state index is 5.23. The highest BCUT2D eigenvalue weighted by Gasteiger charge is 2.09.